The minimum absolute atomic E-state index is 0.0491. The lowest BCUT2D eigenvalue weighted by atomic mass is 10.1. The predicted molar refractivity (Wildman–Crippen MR) is 78.1 cm³/mol. The van der Waals surface area contributed by atoms with Gasteiger partial charge >= 0.3 is 0 Å². The van der Waals surface area contributed by atoms with Gasteiger partial charge in [0, 0.05) is 35.6 Å². The van der Waals surface area contributed by atoms with Gasteiger partial charge in [-0.25, -0.2) is 9.97 Å². The van der Waals surface area contributed by atoms with E-state index < -0.39 is 0 Å². The Morgan fingerprint density at radius 2 is 1.68 bits per heavy atom. The molecule has 0 saturated carbocycles. The van der Waals surface area contributed by atoms with Gasteiger partial charge < -0.3 is 10.1 Å². The molecule has 0 aliphatic heterocycles. The van der Waals surface area contributed by atoms with Gasteiger partial charge in [-0.1, -0.05) is 0 Å². The van der Waals surface area contributed by atoms with Crippen LogP contribution in [0.15, 0.2) is 0 Å². The Kier molecular flexibility index (Phi) is 5.44. The first-order valence-corrected chi connectivity index (χ1v) is 6.95. The van der Waals surface area contributed by atoms with Crippen molar-refractivity contribution in [2.45, 2.75) is 66.7 Å². The van der Waals surface area contributed by atoms with Crippen molar-refractivity contribution in [3.05, 3.63) is 22.8 Å². The predicted octanol–water partition coefficient (Wildman–Crippen LogP) is 3.08. The summed E-state index contributed by atoms with van der Waals surface area (Å²) in [4.78, 5) is 9.15. The second-order valence-electron chi connectivity index (χ2n) is 5.93. The lowest BCUT2D eigenvalue weighted by Gasteiger charge is -2.22. The van der Waals surface area contributed by atoms with E-state index in [1.165, 1.54) is 5.56 Å². The molecule has 1 atom stereocenters. The average molecular weight is 265 g/mol. The summed E-state index contributed by atoms with van der Waals surface area (Å²) in [6.45, 7) is 16.0. The third kappa shape index (κ3) is 4.88. The number of aryl methyl sites for hydroxylation is 2. The summed E-state index contributed by atoms with van der Waals surface area (Å²) in [5, 5.41) is 3.48. The number of ether oxygens (including phenoxy) is 1. The summed E-state index contributed by atoms with van der Waals surface area (Å²) in [6, 6.07) is 0. The molecule has 108 valence electrons. The molecule has 0 fully saturated rings. The van der Waals surface area contributed by atoms with Crippen molar-refractivity contribution in [1.29, 1.82) is 0 Å². The Hall–Kier alpha value is -1.00. The molecule has 1 aromatic rings. The number of hydrogen-bond acceptors (Lipinski definition) is 4. The zero-order valence-corrected chi connectivity index (χ0v) is 13.3. The summed E-state index contributed by atoms with van der Waals surface area (Å²) in [6.07, 6.45) is -0.0491. The molecular formula is C15H27N3O. The minimum Gasteiger partial charge on any atom is -0.371 e. The quantitative estimate of drug-likeness (QED) is 0.888. The summed E-state index contributed by atoms with van der Waals surface area (Å²) in [7, 11) is 0. The Bertz CT molecular complexity index is 401. The van der Waals surface area contributed by atoms with Crippen molar-refractivity contribution < 1.29 is 4.74 Å². The Balaban J connectivity index is 2.91. The van der Waals surface area contributed by atoms with E-state index in [1.54, 1.807) is 0 Å². The SMILES string of the molecule is CCOC(C)c1nc(C)c(CNC(C)(C)C)c(C)n1. The molecule has 0 saturated heterocycles. The fraction of sp³-hybridized carbons (Fsp3) is 0.733. The van der Waals surface area contributed by atoms with Gasteiger partial charge in [0.2, 0.25) is 0 Å². The van der Waals surface area contributed by atoms with Gasteiger partial charge in [-0.05, 0) is 48.5 Å². The van der Waals surface area contributed by atoms with Crippen LogP contribution in [0.5, 0.6) is 0 Å². The van der Waals surface area contributed by atoms with Gasteiger partial charge in [0.1, 0.15) is 6.10 Å². The first kappa shape index (κ1) is 16.1. The van der Waals surface area contributed by atoms with Gasteiger partial charge in [-0.15, -0.1) is 0 Å². The Morgan fingerprint density at radius 1 is 1.16 bits per heavy atom. The maximum absolute atomic E-state index is 5.55. The Morgan fingerprint density at radius 3 is 2.11 bits per heavy atom. The van der Waals surface area contributed by atoms with Gasteiger partial charge in [0.15, 0.2) is 5.82 Å². The lowest BCUT2D eigenvalue weighted by molar-refractivity contribution is 0.0697. The van der Waals surface area contributed by atoms with Crippen LogP contribution in [0.2, 0.25) is 0 Å². The fourth-order valence-corrected chi connectivity index (χ4v) is 1.88. The van der Waals surface area contributed by atoms with Gasteiger partial charge in [-0.2, -0.15) is 0 Å². The molecule has 1 rings (SSSR count). The third-order valence-electron chi connectivity index (χ3n) is 3.01. The maximum atomic E-state index is 5.55. The molecule has 19 heavy (non-hydrogen) atoms. The van der Waals surface area contributed by atoms with E-state index in [-0.39, 0.29) is 11.6 Å². The highest BCUT2D eigenvalue weighted by atomic mass is 16.5. The van der Waals surface area contributed by atoms with E-state index >= 15 is 0 Å². The number of rotatable bonds is 5. The fourth-order valence-electron chi connectivity index (χ4n) is 1.88. The standard InChI is InChI=1S/C15H27N3O/c1-8-19-12(4)14-17-10(2)13(11(3)18-14)9-16-15(5,6)7/h12,16H,8-9H2,1-7H3. The van der Waals surface area contributed by atoms with Crippen molar-refractivity contribution in [2.75, 3.05) is 6.61 Å². The molecule has 0 radical (unpaired) electrons. The van der Waals surface area contributed by atoms with E-state index in [2.05, 4.69) is 36.1 Å². The van der Waals surface area contributed by atoms with Gasteiger partial charge in [0.05, 0.1) is 0 Å². The summed E-state index contributed by atoms with van der Waals surface area (Å²) in [5.74, 6) is 0.774. The Labute approximate surface area is 117 Å². The molecule has 1 N–H and O–H groups in total. The van der Waals surface area contributed by atoms with Crippen LogP contribution in [0.4, 0.5) is 0 Å². The maximum Gasteiger partial charge on any atom is 0.157 e. The molecule has 4 nitrogen and oxygen atoms in total. The normalized spacial score (nSPS) is 13.6. The number of aromatic nitrogens is 2. The van der Waals surface area contributed by atoms with Gasteiger partial charge in [-0.3, -0.25) is 0 Å². The van der Waals surface area contributed by atoms with Crippen molar-refractivity contribution in [2.24, 2.45) is 0 Å². The number of nitrogens with one attached hydrogen (secondary N) is 1. The molecule has 0 aliphatic rings. The van der Waals surface area contributed by atoms with E-state index in [1.807, 2.05) is 27.7 Å². The van der Waals surface area contributed by atoms with Crippen molar-refractivity contribution in [1.82, 2.24) is 15.3 Å². The van der Waals surface area contributed by atoms with E-state index in [0.29, 0.717) is 6.61 Å². The highest BCUT2D eigenvalue weighted by molar-refractivity contribution is 5.24. The molecular weight excluding hydrogens is 238 g/mol. The highest BCUT2D eigenvalue weighted by Crippen LogP contribution is 2.17. The third-order valence-corrected chi connectivity index (χ3v) is 3.01. The molecule has 0 aromatic carbocycles. The van der Waals surface area contributed by atoms with Crippen LogP contribution in [-0.4, -0.2) is 22.1 Å². The van der Waals surface area contributed by atoms with Gasteiger partial charge in [0.25, 0.3) is 0 Å². The number of nitrogens with zero attached hydrogens (tertiary/aromatic N) is 2. The van der Waals surface area contributed by atoms with E-state index in [9.17, 15) is 0 Å². The second-order valence-corrected chi connectivity index (χ2v) is 5.93. The molecule has 4 heteroatoms. The van der Waals surface area contributed by atoms with Crippen LogP contribution in [0.1, 0.15) is 63.5 Å². The summed E-state index contributed by atoms with van der Waals surface area (Å²) in [5.41, 5.74) is 3.34. The zero-order valence-electron chi connectivity index (χ0n) is 13.3. The zero-order chi connectivity index (χ0) is 14.6. The van der Waals surface area contributed by atoms with Crippen molar-refractivity contribution >= 4 is 0 Å². The molecule has 0 amide bonds. The van der Waals surface area contributed by atoms with Crippen LogP contribution in [-0.2, 0) is 11.3 Å². The van der Waals surface area contributed by atoms with Crippen LogP contribution in [0, 0.1) is 13.8 Å². The number of hydrogen-bond donors (Lipinski definition) is 1. The molecule has 1 unspecified atom stereocenters. The summed E-state index contributed by atoms with van der Waals surface area (Å²) >= 11 is 0. The van der Waals surface area contributed by atoms with Crippen LogP contribution >= 0.6 is 0 Å². The molecule has 0 spiro atoms. The first-order chi connectivity index (χ1) is 8.74. The second kappa shape index (κ2) is 6.44. The van der Waals surface area contributed by atoms with Crippen molar-refractivity contribution in [3.8, 4) is 0 Å². The van der Waals surface area contributed by atoms with Crippen LogP contribution in [0.25, 0.3) is 0 Å². The molecule has 1 heterocycles. The first-order valence-electron chi connectivity index (χ1n) is 6.95. The largest absolute Gasteiger partial charge is 0.371 e. The highest BCUT2D eigenvalue weighted by Gasteiger charge is 2.15. The van der Waals surface area contributed by atoms with E-state index in [4.69, 9.17) is 4.74 Å². The lowest BCUT2D eigenvalue weighted by Crippen LogP contribution is -2.35. The van der Waals surface area contributed by atoms with Crippen LogP contribution in [0.3, 0.4) is 0 Å². The smallest absolute Gasteiger partial charge is 0.157 e. The summed E-state index contributed by atoms with van der Waals surface area (Å²) < 4.78 is 5.55. The van der Waals surface area contributed by atoms with E-state index in [0.717, 1.165) is 23.8 Å². The topological polar surface area (TPSA) is 47.0 Å². The minimum atomic E-state index is -0.0491. The van der Waals surface area contributed by atoms with Crippen LogP contribution < -0.4 is 5.32 Å². The average Bonchev–Trinajstić information content (AvgIpc) is 2.26. The molecule has 1 aromatic heterocycles. The van der Waals surface area contributed by atoms with Crippen molar-refractivity contribution in [3.63, 3.8) is 0 Å². The monoisotopic (exact) mass is 265 g/mol. The molecule has 0 bridgehead atoms. The molecule has 0 aliphatic carbocycles.